The van der Waals surface area contributed by atoms with E-state index in [1.54, 1.807) is 10.9 Å². The molecule has 0 aromatic carbocycles. The van der Waals surface area contributed by atoms with Crippen LogP contribution in [0.3, 0.4) is 0 Å². The summed E-state index contributed by atoms with van der Waals surface area (Å²) in [6.07, 6.45) is 1.56. The van der Waals surface area contributed by atoms with Gasteiger partial charge in [-0.25, -0.2) is 4.68 Å². The zero-order valence-electron chi connectivity index (χ0n) is 7.29. The number of nitrogens with zero attached hydrogens (tertiary/aromatic N) is 3. The maximum Gasteiger partial charge on any atom is 0.140 e. The first-order valence-corrected chi connectivity index (χ1v) is 4.10. The van der Waals surface area contributed by atoms with Crippen molar-refractivity contribution < 1.29 is 0 Å². The average Bonchev–Trinajstić information content (AvgIpc) is 2.30. The lowest BCUT2D eigenvalue weighted by atomic mass is 10.5. The molecule has 0 atom stereocenters. The molecule has 2 N–H and O–H groups in total. The van der Waals surface area contributed by atoms with Gasteiger partial charge in [0.2, 0.25) is 0 Å². The van der Waals surface area contributed by atoms with Crippen LogP contribution in [0.25, 0.3) is 0 Å². The first-order valence-electron chi connectivity index (χ1n) is 3.73. The van der Waals surface area contributed by atoms with Crippen LogP contribution in [-0.4, -0.2) is 35.3 Å². The lowest BCUT2D eigenvalue weighted by Crippen LogP contribution is -2.19. The number of hydrogen-bond donors (Lipinski definition) is 1. The molecular formula is C7H13ClN4. The lowest BCUT2D eigenvalue weighted by Gasteiger charge is -2.09. The molecule has 0 bridgehead atoms. The molecule has 1 aromatic rings. The summed E-state index contributed by atoms with van der Waals surface area (Å²) in [6.45, 7) is 1.67. The van der Waals surface area contributed by atoms with Crippen LogP contribution >= 0.6 is 11.6 Å². The molecule has 0 unspecified atom stereocenters. The topological polar surface area (TPSA) is 47.1 Å². The molecule has 0 saturated carbocycles. The van der Waals surface area contributed by atoms with E-state index in [1.165, 1.54) is 0 Å². The van der Waals surface area contributed by atoms with Crippen molar-refractivity contribution in [1.29, 1.82) is 0 Å². The summed E-state index contributed by atoms with van der Waals surface area (Å²) in [7, 11) is 4.00. The fourth-order valence-electron chi connectivity index (χ4n) is 0.845. The van der Waals surface area contributed by atoms with Crippen molar-refractivity contribution in [2.45, 2.75) is 6.54 Å². The van der Waals surface area contributed by atoms with Gasteiger partial charge in [-0.2, -0.15) is 5.10 Å². The smallest absolute Gasteiger partial charge is 0.140 e. The Morgan fingerprint density at radius 3 is 2.75 bits per heavy atom. The Bertz CT molecular complexity index is 256. The standard InChI is InChI=1S/C7H13ClN4/c1-11(2)3-4-12-7(9)6(8)5-10-12/h5H,3-4,9H2,1-2H3. The number of nitrogen functional groups attached to an aromatic ring is 1. The minimum atomic E-state index is 0.522. The molecule has 1 aromatic heterocycles. The zero-order chi connectivity index (χ0) is 9.14. The van der Waals surface area contributed by atoms with Crippen LogP contribution in [0.15, 0.2) is 6.20 Å². The van der Waals surface area contributed by atoms with Gasteiger partial charge >= 0.3 is 0 Å². The number of aromatic nitrogens is 2. The van der Waals surface area contributed by atoms with E-state index in [2.05, 4.69) is 10.00 Å². The third-order valence-electron chi connectivity index (χ3n) is 1.59. The maximum atomic E-state index is 5.72. The van der Waals surface area contributed by atoms with E-state index < -0.39 is 0 Å². The van der Waals surface area contributed by atoms with Crippen molar-refractivity contribution in [3.8, 4) is 0 Å². The summed E-state index contributed by atoms with van der Waals surface area (Å²) in [4.78, 5) is 2.06. The van der Waals surface area contributed by atoms with Gasteiger partial charge in [0, 0.05) is 6.54 Å². The van der Waals surface area contributed by atoms with Crippen LogP contribution in [0.4, 0.5) is 5.82 Å². The number of anilines is 1. The van der Waals surface area contributed by atoms with Crippen LogP contribution in [0.5, 0.6) is 0 Å². The highest BCUT2D eigenvalue weighted by Crippen LogP contribution is 2.16. The second-order valence-corrected chi connectivity index (χ2v) is 3.31. The molecule has 0 saturated heterocycles. The van der Waals surface area contributed by atoms with Gasteiger partial charge in [0.25, 0.3) is 0 Å². The van der Waals surface area contributed by atoms with E-state index in [4.69, 9.17) is 17.3 Å². The largest absolute Gasteiger partial charge is 0.383 e. The van der Waals surface area contributed by atoms with Crippen molar-refractivity contribution >= 4 is 17.4 Å². The summed E-state index contributed by atoms with van der Waals surface area (Å²) < 4.78 is 1.70. The Balaban J connectivity index is 2.58. The van der Waals surface area contributed by atoms with Crippen molar-refractivity contribution in [2.24, 2.45) is 0 Å². The van der Waals surface area contributed by atoms with Gasteiger partial charge in [0.05, 0.1) is 12.7 Å². The molecular weight excluding hydrogens is 176 g/mol. The second kappa shape index (κ2) is 3.78. The van der Waals surface area contributed by atoms with Gasteiger partial charge in [0.1, 0.15) is 10.8 Å². The Labute approximate surface area is 76.9 Å². The van der Waals surface area contributed by atoms with E-state index in [0.717, 1.165) is 13.1 Å². The summed E-state index contributed by atoms with van der Waals surface area (Å²) in [5.74, 6) is 0.540. The van der Waals surface area contributed by atoms with E-state index >= 15 is 0 Å². The highest BCUT2D eigenvalue weighted by atomic mass is 35.5. The summed E-state index contributed by atoms with van der Waals surface area (Å²) in [5.41, 5.74) is 5.64. The Morgan fingerprint density at radius 1 is 1.67 bits per heavy atom. The van der Waals surface area contributed by atoms with Crippen molar-refractivity contribution in [2.75, 3.05) is 26.4 Å². The van der Waals surface area contributed by atoms with Crippen molar-refractivity contribution in [3.05, 3.63) is 11.2 Å². The molecule has 0 spiro atoms. The monoisotopic (exact) mass is 188 g/mol. The quantitative estimate of drug-likeness (QED) is 0.759. The first-order chi connectivity index (χ1) is 5.61. The SMILES string of the molecule is CN(C)CCn1ncc(Cl)c1N. The third-order valence-corrected chi connectivity index (χ3v) is 1.88. The number of halogens is 1. The molecule has 4 nitrogen and oxygen atoms in total. The van der Waals surface area contributed by atoms with Gasteiger partial charge in [-0.1, -0.05) is 11.6 Å². The van der Waals surface area contributed by atoms with E-state index in [-0.39, 0.29) is 0 Å². The Kier molecular flexibility index (Phi) is 2.94. The molecule has 0 amide bonds. The van der Waals surface area contributed by atoms with Gasteiger partial charge in [-0.15, -0.1) is 0 Å². The Hall–Kier alpha value is -0.740. The van der Waals surface area contributed by atoms with Gasteiger partial charge in [-0.3, -0.25) is 0 Å². The normalized spacial score (nSPS) is 11.0. The van der Waals surface area contributed by atoms with E-state index in [9.17, 15) is 0 Å². The van der Waals surface area contributed by atoms with E-state index in [0.29, 0.717) is 10.8 Å². The Morgan fingerprint density at radius 2 is 2.33 bits per heavy atom. The minimum Gasteiger partial charge on any atom is -0.383 e. The summed E-state index contributed by atoms with van der Waals surface area (Å²) >= 11 is 5.72. The molecule has 1 rings (SSSR count). The first kappa shape index (κ1) is 9.35. The fourth-order valence-corrected chi connectivity index (χ4v) is 0.986. The fraction of sp³-hybridized carbons (Fsp3) is 0.571. The highest BCUT2D eigenvalue weighted by Gasteiger charge is 2.03. The zero-order valence-corrected chi connectivity index (χ0v) is 8.04. The van der Waals surface area contributed by atoms with Crippen LogP contribution in [0.2, 0.25) is 5.02 Å². The number of likely N-dealkylation sites (N-methyl/N-ethyl adjacent to an activating group) is 1. The van der Waals surface area contributed by atoms with Crippen molar-refractivity contribution in [3.63, 3.8) is 0 Å². The van der Waals surface area contributed by atoms with E-state index in [1.807, 2.05) is 14.1 Å². The summed E-state index contributed by atoms with van der Waals surface area (Å²) in [5, 5.41) is 4.54. The average molecular weight is 189 g/mol. The summed E-state index contributed by atoms with van der Waals surface area (Å²) in [6, 6.07) is 0. The predicted molar refractivity (Wildman–Crippen MR) is 50.2 cm³/mol. The molecule has 0 aliphatic rings. The number of nitrogens with two attached hydrogens (primary N) is 1. The molecule has 0 aliphatic heterocycles. The minimum absolute atomic E-state index is 0.522. The second-order valence-electron chi connectivity index (χ2n) is 2.90. The highest BCUT2D eigenvalue weighted by molar-refractivity contribution is 6.32. The molecule has 68 valence electrons. The van der Waals surface area contributed by atoms with Crippen LogP contribution in [0.1, 0.15) is 0 Å². The van der Waals surface area contributed by atoms with Gasteiger partial charge in [-0.05, 0) is 14.1 Å². The van der Waals surface area contributed by atoms with Crippen LogP contribution in [-0.2, 0) is 6.54 Å². The molecule has 12 heavy (non-hydrogen) atoms. The molecule has 0 aliphatic carbocycles. The van der Waals surface area contributed by atoms with Crippen molar-refractivity contribution in [1.82, 2.24) is 14.7 Å². The van der Waals surface area contributed by atoms with Crippen LogP contribution < -0.4 is 5.73 Å². The molecule has 0 radical (unpaired) electrons. The van der Waals surface area contributed by atoms with Gasteiger partial charge < -0.3 is 10.6 Å². The van der Waals surface area contributed by atoms with Crippen LogP contribution in [0, 0.1) is 0 Å². The maximum absolute atomic E-state index is 5.72. The molecule has 0 fully saturated rings. The lowest BCUT2D eigenvalue weighted by molar-refractivity contribution is 0.375. The molecule has 5 heteroatoms. The number of hydrogen-bond acceptors (Lipinski definition) is 3. The number of rotatable bonds is 3. The predicted octanol–water partition coefficient (Wildman–Crippen LogP) is 0.680. The van der Waals surface area contributed by atoms with Gasteiger partial charge in [0.15, 0.2) is 0 Å². The molecule has 1 heterocycles. The third kappa shape index (κ3) is 2.12.